The Bertz CT molecular complexity index is 594. The Morgan fingerprint density at radius 3 is 2.85 bits per heavy atom. The predicted molar refractivity (Wildman–Crippen MR) is 59.1 cm³/mol. The molecule has 0 amide bonds. The fourth-order valence-corrected chi connectivity index (χ4v) is 2.80. The van der Waals surface area contributed by atoms with Gasteiger partial charge in [-0.2, -0.15) is 0 Å². The second-order valence-corrected chi connectivity index (χ2v) is 6.18. The molecule has 0 bridgehead atoms. The van der Waals surface area contributed by atoms with Crippen LogP contribution in [0.1, 0.15) is 6.23 Å². The van der Waals surface area contributed by atoms with Crippen LogP contribution in [0.3, 0.4) is 0 Å². The third kappa shape index (κ3) is 2.64. The van der Waals surface area contributed by atoms with Crippen molar-refractivity contribution in [3.05, 3.63) is 22.7 Å². The number of aliphatic hydroxyl groups is 1. The summed E-state index contributed by atoms with van der Waals surface area (Å²) in [7, 11) is 0. The number of nitrogen functional groups attached to an aromatic ring is 1. The molecule has 2 rings (SSSR count). The molecule has 1 fully saturated rings. The Balaban J connectivity index is 2.36. The molecular formula is C10H13CoF2N3O4. The van der Waals surface area contributed by atoms with Crippen molar-refractivity contribution >= 4 is 5.82 Å². The Hall–Kier alpha value is -1.23. The van der Waals surface area contributed by atoms with Crippen molar-refractivity contribution < 1.29 is 36.1 Å². The van der Waals surface area contributed by atoms with Gasteiger partial charge in [-0.25, -0.2) is 0 Å². The van der Waals surface area contributed by atoms with Gasteiger partial charge in [0.2, 0.25) is 0 Å². The third-order valence-electron chi connectivity index (χ3n) is 2.81. The molecule has 0 radical (unpaired) electrons. The van der Waals surface area contributed by atoms with E-state index in [0.717, 1.165) is 6.20 Å². The summed E-state index contributed by atoms with van der Waals surface area (Å²) in [6.07, 6.45) is -4.44. The number of halogens is 2. The van der Waals surface area contributed by atoms with Crippen LogP contribution in [0.5, 0.6) is 0 Å². The number of anilines is 1. The second-order valence-electron chi connectivity index (χ2n) is 4.29. The Morgan fingerprint density at radius 2 is 2.30 bits per heavy atom. The van der Waals surface area contributed by atoms with Crippen LogP contribution in [-0.2, 0) is 22.2 Å². The first-order valence-electron chi connectivity index (χ1n) is 5.43. The quantitative estimate of drug-likeness (QED) is 0.814. The van der Waals surface area contributed by atoms with Gasteiger partial charge in [-0.3, -0.25) is 0 Å². The standard InChI is InChI=1S/C9H10F2N3O3.CH3.Co.O/c1-4-6(15)9(10,11)7(17-4)14-3-2-5(12)13-8(14)16;;;/h2-4,6-7,15H,1H2,(H2,12,13,16);1H3;;. The van der Waals surface area contributed by atoms with E-state index in [1.54, 1.807) is 0 Å². The number of aliphatic hydroxyl groups excluding tert-OH is 1. The zero-order valence-corrected chi connectivity index (χ0v) is 11.4. The van der Waals surface area contributed by atoms with E-state index >= 15 is 0 Å². The van der Waals surface area contributed by atoms with Crippen molar-refractivity contribution in [2.45, 2.75) is 35.6 Å². The van der Waals surface area contributed by atoms with Gasteiger partial charge in [0.05, 0.1) is 0 Å². The monoisotopic (exact) mass is 336 g/mol. The summed E-state index contributed by atoms with van der Waals surface area (Å²) in [5.74, 6) is -2.47. The molecule has 10 heteroatoms. The summed E-state index contributed by atoms with van der Waals surface area (Å²) >= 11 is -1.75. The molecular weight excluding hydrogens is 323 g/mol. The van der Waals surface area contributed by atoms with Crippen LogP contribution < -0.4 is 11.4 Å². The Morgan fingerprint density at radius 1 is 1.65 bits per heavy atom. The molecule has 1 aliphatic rings. The minimum absolute atomic E-state index is 0.110. The predicted octanol–water partition coefficient (Wildman–Crippen LogP) is 0.149. The van der Waals surface area contributed by atoms with Crippen LogP contribution in [0.2, 0.25) is 11.2 Å². The number of hydrogen-bond donors (Lipinski definition) is 2. The number of ether oxygens (including phenoxy) is 1. The number of aromatic nitrogens is 2. The van der Waals surface area contributed by atoms with Gasteiger partial charge in [-0.1, -0.05) is 0 Å². The molecule has 0 saturated carbocycles. The number of nitrogens with zero attached hydrogens (tertiary/aromatic N) is 2. The van der Waals surface area contributed by atoms with Gasteiger partial charge in [0.1, 0.15) is 0 Å². The van der Waals surface area contributed by atoms with E-state index in [1.807, 2.05) is 0 Å². The molecule has 3 atom stereocenters. The molecule has 3 N–H and O–H groups in total. The molecule has 1 aromatic heterocycles. The average Bonchev–Trinajstić information content (AvgIpc) is 2.53. The molecule has 1 aromatic rings. The summed E-state index contributed by atoms with van der Waals surface area (Å²) in [5.41, 5.74) is 4.26. The molecule has 2 heterocycles. The molecule has 0 aliphatic carbocycles. The number of nitrogens with two attached hydrogens (primary N) is 1. The third-order valence-corrected chi connectivity index (χ3v) is 3.83. The molecule has 7 nitrogen and oxygen atoms in total. The van der Waals surface area contributed by atoms with Crippen LogP contribution in [0, 0.1) is 0 Å². The Kier molecular flexibility index (Phi) is 4.00. The van der Waals surface area contributed by atoms with E-state index in [-0.39, 0.29) is 11.2 Å². The van der Waals surface area contributed by atoms with Gasteiger partial charge in [0, 0.05) is 0 Å². The van der Waals surface area contributed by atoms with Crippen LogP contribution >= 0.6 is 0 Å². The van der Waals surface area contributed by atoms with Crippen LogP contribution in [0.15, 0.2) is 17.1 Å². The van der Waals surface area contributed by atoms with Crippen molar-refractivity contribution in [2.24, 2.45) is 0 Å². The first-order valence-corrected chi connectivity index (χ1v) is 7.64. The summed E-state index contributed by atoms with van der Waals surface area (Å²) in [6, 6.07) is 1.17. The van der Waals surface area contributed by atoms with Gasteiger partial charge in [0.25, 0.3) is 0 Å². The second kappa shape index (κ2) is 5.28. The van der Waals surface area contributed by atoms with Crippen molar-refractivity contribution in [3.8, 4) is 0 Å². The summed E-state index contributed by atoms with van der Waals surface area (Å²) in [6.45, 7) is 0. The van der Waals surface area contributed by atoms with E-state index in [0.29, 0.717) is 4.57 Å². The Labute approximate surface area is 116 Å². The van der Waals surface area contributed by atoms with Crippen LogP contribution in [0.25, 0.3) is 0 Å². The number of rotatable bonds is 3. The van der Waals surface area contributed by atoms with E-state index in [9.17, 15) is 22.5 Å². The molecule has 1 aliphatic heterocycles. The summed E-state index contributed by atoms with van der Waals surface area (Å²) < 4.78 is 44.6. The number of hydrogen-bond acceptors (Lipinski definition) is 6. The van der Waals surface area contributed by atoms with Crippen molar-refractivity contribution in [1.82, 2.24) is 9.55 Å². The fraction of sp³-hybridized carbons (Fsp3) is 0.600. The van der Waals surface area contributed by atoms with Crippen LogP contribution in [0.4, 0.5) is 14.6 Å². The molecule has 1 saturated heterocycles. The van der Waals surface area contributed by atoms with Gasteiger partial charge in [-0.15, -0.1) is 0 Å². The zero-order chi connectivity index (χ0) is 15.1. The molecule has 0 spiro atoms. The maximum atomic E-state index is 14.0. The SMILES string of the molecule is [CH3][Co](=[O])[CH2]C1OC(n2ccc(N)nc2=O)C(F)(F)C1O. The van der Waals surface area contributed by atoms with Gasteiger partial charge in [-0.05, 0) is 0 Å². The summed E-state index contributed by atoms with van der Waals surface area (Å²) in [5, 5.41) is 9.35. The topological polar surface area (TPSA) is 107 Å². The van der Waals surface area contributed by atoms with E-state index in [2.05, 4.69) is 4.98 Å². The zero-order valence-electron chi connectivity index (χ0n) is 10.3. The van der Waals surface area contributed by atoms with Gasteiger partial charge < -0.3 is 0 Å². The normalized spacial score (nSPS) is 29.4. The van der Waals surface area contributed by atoms with Crippen molar-refractivity contribution in [3.63, 3.8) is 0 Å². The van der Waals surface area contributed by atoms with Crippen LogP contribution in [-0.4, -0.2) is 32.8 Å². The average molecular weight is 336 g/mol. The van der Waals surface area contributed by atoms with Gasteiger partial charge in [0.15, 0.2) is 0 Å². The van der Waals surface area contributed by atoms with Gasteiger partial charge >= 0.3 is 115 Å². The first kappa shape index (κ1) is 15.2. The van der Waals surface area contributed by atoms with E-state index in [4.69, 9.17) is 10.5 Å². The maximum absolute atomic E-state index is 14.0. The van der Waals surface area contributed by atoms with E-state index < -0.39 is 43.6 Å². The minimum atomic E-state index is -3.70. The molecule has 3 unspecified atom stereocenters. The fourth-order valence-electron chi connectivity index (χ4n) is 1.88. The van der Waals surface area contributed by atoms with Crippen molar-refractivity contribution in [2.75, 3.05) is 5.73 Å². The van der Waals surface area contributed by atoms with Crippen molar-refractivity contribution in [1.29, 1.82) is 0 Å². The molecule has 115 valence electrons. The number of alkyl halides is 2. The summed E-state index contributed by atoms with van der Waals surface area (Å²) in [4.78, 5) is 14.9. The molecule has 20 heavy (non-hydrogen) atoms. The first-order chi connectivity index (χ1) is 9.23. The molecule has 0 aromatic carbocycles. The van der Waals surface area contributed by atoms with E-state index in [1.165, 1.54) is 11.9 Å².